The van der Waals surface area contributed by atoms with E-state index in [0.717, 1.165) is 31.9 Å². The first-order valence-corrected chi connectivity index (χ1v) is 10.5. The van der Waals surface area contributed by atoms with Crippen LogP contribution in [0.2, 0.25) is 0 Å². The normalized spacial score (nSPS) is 15.2. The molecule has 1 aromatic heterocycles. The van der Waals surface area contributed by atoms with E-state index in [1.807, 2.05) is 0 Å². The fraction of sp³-hybridized carbons (Fsp3) is 0.435. The van der Waals surface area contributed by atoms with Gasteiger partial charge in [0.1, 0.15) is 0 Å². The van der Waals surface area contributed by atoms with Gasteiger partial charge in [0.05, 0.1) is 12.6 Å². The van der Waals surface area contributed by atoms with Gasteiger partial charge in [-0.05, 0) is 40.8 Å². The average molecular weight is 376 g/mol. The summed E-state index contributed by atoms with van der Waals surface area (Å²) in [5.41, 5.74) is 2.69. The van der Waals surface area contributed by atoms with Crippen molar-refractivity contribution < 1.29 is 0 Å². The van der Waals surface area contributed by atoms with Gasteiger partial charge >= 0.3 is 0 Å². The van der Waals surface area contributed by atoms with E-state index < -0.39 is 0 Å². The Labute approximate surface area is 167 Å². The molecule has 0 atom stereocenters. The summed E-state index contributed by atoms with van der Waals surface area (Å²) in [5, 5.41) is 12.7. The Bertz CT molecular complexity index is 824. The summed E-state index contributed by atoms with van der Waals surface area (Å²) in [6.07, 6.45) is 7.32. The predicted molar refractivity (Wildman–Crippen MR) is 111 cm³/mol. The lowest BCUT2D eigenvalue weighted by Crippen LogP contribution is -2.28. The van der Waals surface area contributed by atoms with Gasteiger partial charge < -0.3 is 0 Å². The van der Waals surface area contributed by atoms with Gasteiger partial charge in [0.25, 0.3) is 0 Å². The molecule has 1 aliphatic carbocycles. The Morgan fingerprint density at radius 1 is 0.821 bits per heavy atom. The topological polar surface area (TPSA) is 46.8 Å². The quantitative estimate of drug-likeness (QED) is 0.585. The number of tetrazole rings is 1. The number of rotatable bonds is 8. The lowest BCUT2D eigenvalue weighted by Gasteiger charge is -2.25. The molecule has 1 fully saturated rings. The largest absolute Gasteiger partial charge is 0.291 e. The highest BCUT2D eigenvalue weighted by molar-refractivity contribution is 5.16. The van der Waals surface area contributed by atoms with Crippen molar-refractivity contribution in [2.24, 2.45) is 0 Å². The summed E-state index contributed by atoms with van der Waals surface area (Å²) >= 11 is 0. The molecule has 5 nitrogen and oxygen atoms in total. The van der Waals surface area contributed by atoms with Crippen molar-refractivity contribution in [3.63, 3.8) is 0 Å². The van der Waals surface area contributed by atoms with Gasteiger partial charge in [-0.3, -0.25) is 4.90 Å². The fourth-order valence-corrected chi connectivity index (χ4v) is 4.11. The van der Waals surface area contributed by atoms with Crippen LogP contribution in [0, 0.1) is 0 Å². The Balaban J connectivity index is 1.47. The predicted octanol–water partition coefficient (Wildman–Crippen LogP) is 4.42. The summed E-state index contributed by atoms with van der Waals surface area (Å²) < 4.78 is 2.10. The van der Waals surface area contributed by atoms with E-state index in [2.05, 4.69) is 85.8 Å². The van der Waals surface area contributed by atoms with Crippen molar-refractivity contribution >= 4 is 0 Å². The first kappa shape index (κ1) is 18.8. The van der Waals surface area contributed by atoms with Crippen molar-refractivity contribution in [1.29, 1.82) is 0 Å². The molecule has 5 heteroatoms. The maximum Gasteiger partial charge on any atom is 0.165 e. The Kier molecular flexibility index (Phi) is 6.45. The number of hydrogen-bond acceptors (Lipinski definition) is 4. The molecule has 0 bridgehead atoms. The zero-order valence-electron chi connectivity index (χ0n) is 16.5. The van der Waals surface area contributed by atoms with Crippen molar-refractivity contribution in [2.45, 2.75) is 57.7 Å². The number of benzene rings is 2. The molecule has 1 heterocycles. The smallest absolute Gasteiger partial charge is 0.165 e. The van der Waals surface area contributed by atoms with E-state index in [1.54, 1.807) is 0 Å². The molecule has 0 N–H and O–H groups in total. The molecule has 0 saturated heterocycles. The van der Waals surface area contributed by atoms with Crippen LogP contribution in [0.25, 0.3) is 0 Å². The average Bonchev–Trinajstić information content (AvgIpc) is 3.22. The summed E-state index contributed by atoms with van der Waals surface area (Å²) in [4.78, 5) is 2.47. The van der Waals surface area contributed by atoms with E-state index >= 15 is 0 Å². The van der Waals surface area contributed by atoms with Crippen LogP contribution in [0.1, 0.15) is 55.1 Å². The molecular formula is C23H29N5. The van der Waals surface area contributed by atoms with Crippen molar-refractivity contribution in [3.8, 4) is 0 Å². The van der Waals surface area contributed by atoms with Crippen LogP contribution in [-0.4, -0.2) is 31.7 Å². The van der Waals surface area contributed by atoms with Crippen molar-refractivity contribution in [3.05, 3.63) is 77.6 Å². The molecular weight excluding hydrogens is 346 g/mol. The molecule has 0 unspecified atom stereocenters. The van der Waals surface area contributed by atoms with Crippen LogP contribution in [0.15, 0.2) is 60.7 Å². The molecule has 0 amide bonds. The van der Waals surface area contributed by atoms with Gasteiger partial charge in [0.15, 0.2) is 5.82 Å². The molecule has 2 aromatic carbocycles. The fourth-order valence-electron chi connectivity index (χ4n) is 4.11. The minimum atomic E-state index is 0.464. The highest BCUT2D eigenvalue weighted by Crippen LogP contribution is 2.28. The van der Waals surface area contributed by atoms with Crippen molar-refractivity contribution in [1.82, 2.24) is 25.1 Å². The first-order valence-electron chi connectivity index (χ1n) is 10.5. The highest BCUT2D eigenvalue weighted by Gasteiger charge is 2.21. The van der Waals surface area contributed by atoms with Gasteiger partial charge in [-0.1, -0.05) is 79.9 Å². The third-order valence-electron chi connectivity index (χ3n) is 5.66. The van der Waals surface area contributed by atoms with Crippen LogP contribution in [-0.2, 0) is 19.5 Å². The van der Waals surface area contributed by atoms with Crippen molar-refractivity contribution in [2.75, 3.05) is 6.54 Å². The maximum atomic E-state index is 4.39. The van der Waals surface area contributed by atoms with E-state index in [0.29, 0.717) is 6.04 Å². The third kappa shape index (κ3) is 5.04. The van der Waals surface area contributed by atoms with Gasteiger partial charge in [0, 0.05) is 13.1 Å². The molecule has 4 rings (SSSR count). The monoisotopic (exact) mass is 375 g/mol. The van der Waals surface area contributed by atoms with Crippen LogP contribution in [0.5, 0.6) is 0 Å². The first-order chi connectivity index (χ1) is 13.9. The third-order valence-corrected chi connectivity index (χ3v) is 5.66. The maximum absolute atomic E-state index is 4.39. The zero-order valence-corrected chi connectivity index (χ0v) is 16.5. The number of nitrogens with zero attached hydrogens (tertiary/aromatic N) is 5. The summed E-state index contributed by atoms with van der Waals surface area (Å²) in [7, 11) is 0. The summed E-state index contributed by atoms with van der Waals surface area (Å²) in [6, 6.07) is 21.8. The number of hydrogen-bond donors (Lipinski definition) is 0. The van der Waals surface area contributed by atoms with Gasteiger partial charge in [-0.2, -0.15) is 0 Å². The van der Waals surface area contributed by atoms with Crippen LogP contribution >= 0.6 is 0 Å². The van der Waals surface area contributed by atoms with Gasteiger partial charge in [-0.25, -0.2) is 4.68 Å². The number of aromatic nitrogens is 4. The summed E-state index contributed by atoms with van der Waals surface area (Å²) in [5.74, 6) is 0.996. The Morgan fingerprint density at radius 3 is 2.21 bits per heavy atom. The van der Waals surface area contributed by atoms with Gasteiger partial charge in [0.2, 0.25) is 0 Å². The van der Waals surface area contributed by atoms with Crippen LogP contribution < -0.4 is 0 Å². The molecule has 0 spiro atoms. The standard InChI is InChI=1S/C23H29N5/c1-4-10-20(11-5-1)16-17-27(18-21-12-6-2-7-13-21)19-23-24-25-26-28(23)22-14-8-3-9-15-22/h1-2,4-7,10-13,22H,3,8-9,14-19H2. The van der Waals surface area contributed by atoms with E-state index in [4.69, 9.17) is 0 Å². The molecule has 1 aliphatic rings. The molecule has 28 heavy (non-hydrogen) atoms. The Hall–Kier alpha value is -2.53. The molecule has 0 aliphatic heterocycles. The minimum absolute atomic E-state index is 0.464. The zero-order chi connectivity index (χ0) is 19.0. The second kappa shape index (κ2) is 9.60. The van der Waals surface area contributed by atoms with E-state index in [-0.39, 0.29) is 0 Å². The van der Waals surface area contributed by atoms with Crippen LogP contribution in [0.3, 0.4) is 0 Å². The second-order valence-electron chi connectivity index (χ2n) is 7.76. The second-order valence-corrected chi connectivity index (χ2v) is 7.76. The van der Waals surface area contributed by atoms with Gasteiger partial charge in [-0.15, -0.1) is 5.10 Å². The molecule has 3 aromatic rings. The molecule has 146 valence electrons. The SMILES string of the molecule is c1ccc(CCN(Cc2ccccc2)Cc2nnnn2C2CCCCC2)cc1. The lowest BCUT2D eigenvalue weighted by molar-refractivity contribution is 0.236. The van der Waals surface area contributed by atoms with E-state index in [9.17, 15) is 0 Å². The highest BCUT2D eigenvalue weighted by atomic mass is 15.6. The molecule has 1 saturated carbocycles. The minimum Gasteiger partial charge on any atom is -0.291 e. The van der Waals surface area contributed by atoms with E-state index in [1.165, 1.54) is 43.2 Å². The molecule has 0 radical (unpaired) electrons. The Morgan fingerprint density at radius 2 is 1.50 bits per heavy atom. The van der Waals surface area contributed by atoms with Crippen LogP contribution in [0.4, 0.5) is 0 Å². The summed E-state index contributed by atoms with van der Waals surface area (Å²) in [6.45, 7) is 2.67. The lowest BCUT2D eigenvalue weighted by atomic mass is 9.95.